The van der Waals surface area contributed by atoms with Crippen molar-refractivity contribution in [2.24, 2.45) is 29.4 Å². The highest BCUT2D eigenvalue weighted by Gasteiger charge is 2.48. The van der Waals surface area contributed by atoms with Gasteiger partial charge in [-0.15, -0.1) is 0 Å². The largest absolute Gasteiger partial charge is 0.478 e. The van der Waals surface area contributed by atoms with E-state index in [-0.39, 0.29) is 5.92 Å². The second kappa shape index (κ2) is 8.95. The molecule has 5 aliphatic carbocycles. The first-order valence-electron chi connectivity index (χ1n) is 10.2. The SMILES string of the molecule is C[C@H](CS)C(=O)O[C@@H](CSC1CC1)C(=O)O.NC12CC3CC(CC(C3)C1)C2. The van der Waals surface area contributed by atoms with Crippen LogP contribution >= 0.6 is 24.4 Å². The van der Waals surface area contributed by atoms with Crippen LogP contribution in [0.25, 0.3) is 0 Å². The number of ether oxygens (including phenoxy) is 1. The number of nitrogens with two attached hydrogens (primary N) is 1. The minimum Gasteiger partial charge on any atom is -0.478 e. The number of esters is 1. The molecule has 5 rings (SSSR count). The molecular formula is C20H33NO4S2. The van der Waals surface area contributed by atoms with Gasteiger partial charge in [0, 0.05) is 22.3 Å². The number of rotatable bonds is 7. The highest BCUT2D eigenvalue weighted by atomic mass is 32.2. The molecule has 7 heteroatoms. The zero-order valence-electron chi connectivity index (χ0n) is 16.1. The Morgan fingerprint density at radius 2 is 1.70 bits per heavy atom. The smallest absolute Gasteiger partial charge is 0.345 e. The maximum Gasteiger partial charge on any atom is 0.345 e. The third kappa shape index (κ3) is 6.04. The first kappa shape index (κ1) is 21.3. The summed E-state index contributed by atoms with van der Waals surface area (Å²) >= 11 is 5.53. The summed E-state index contributed by atoms with van der Waals surface area (Å²) in [5.74, 6) is 1.83. The van der Waals surface area contributed by atoms with Gasteiger partial charge < -0.3 is 15.6 Å². The van der Waals surface area contributed by atoms with E-state index in [0.717, 1.165) is 30.6 Å². The molecule has 3 N–H and O–H groups in total. The molecule has 154 valence electrons. The van der Waals surface area contributed by atoms with Crippen LogP contribution in [0.2, 0.25) is 0 Å². The molecule has 27 heavy (non-hydrogen) atoms. The molecule has 0 aromatic heterocycles. The predicted octanol–water partition coefficient (Wildman–Crippen LogP) is 3.36. The number of carboxylic acid groups (broad SMARTS) is 1. The second-order valence-corrected chi connectivity index (χ2v) is 10.9. The van der Waals surface area contributed by atoms with Crippen LogP contribution in [0.15, 0.2) is 0 Å². The lowest BCUT2D eigenvalue weighted by molar-refractivity contribution is -0.164. The van der Waals surface area contributed by atoms with Gasteiger partial charge in [-0.3, -0.25) is 4.79 Å². The standard InChI is InChI=1S/C10H17N.C10H16O4S2/c11-10-4-7-1-8(5-10)3-9(2-7)6-10;1-6(4-15)10(13)14-8(9(11)12)5-16-7-2-3-7/h7-9H,1-6,11H2;6-8,15H,2-5H2,1H3,(H,11,12)/t;6-,8+/m.1/s1. The van der Waals surface area contributed by atoms with Crippen LogP contribution in [-0.2, 0) is 14.3 Å². The van der Waals surface area contributed by atoms with E-state index in [1.165, 1.54) is 38.5 Å². The summed E-state index contributed by atoms with van der Waals surface area (Å²) in [6.45, 7) is 1.67. The van der Waals surface area contributed by atoms with Crippen LogP contribution < -0.4 is 5.73 Å². The maximum atomic E-state index is 11.4. The Morgan fingerprint density at radius 1 is 1.19 bits per heavy atom. The van der Waals surface area contributed by atoms with Crippen molar-refractivity contribution in [1.29, 1.82) is 0 Å². The monoisotopic (exact) mass is 415 g/mol. The molecule has 5 nitrogen and oxygen atoms in total. The number of aliphatic carboxylic acids is 1. The van der Waals surface area contributed by atoms with Gasteiger partial charge in [0.15, 0.2) is 0 Å². The molecule has 5 saturated carbocycles. The quantitative estimate of drug-likeness (QED) is 0.436. The Labute approximate surface area is 172 Å². The number of thioether (sulfide) groups is 1. The summed E-state index contributed by atoms with van der Waals surface area (Å²) in [6.07, 6.45) is 9.82. The third-order valence-electron chi connectivity index (χ3n) is 6.30. The molecule has 0 aromatic rings. The summed E-state index contributed by atoms with van der Waals surface area (Å²) in [6, 6.07) is 0. The van der Waals surface area contributed by atoms with Crippen LogP contribution in [0.4, 0.5) is 0 Å². The Kier molecular flexibility index (Phi) is 7.07. The lowest BCUT2D eigenvalue weighted by atomic mass is 9.53. The molecule has 5 fully saturated rings. The van der Waals surface area contributed by atoms with Crippen LogP contribution in [0.1, 0.15) is 58.3 Å². The van der Waals surface area contributed by atoms with Gasteiger partial charge in [0.25, 0.3) is 0 Å². The summed E-state index contributed by atoms with van der Waals surface area (Å²) in [5, 5.41) is 9.46. The molecule has 2 atom stereocenters. The van der Waals surface area contributed by atoms with Crippen molar-refractivity contribution in [3.05, 3.63) is 0 Å². The fourth-order valence-electron chi connectivity index (χ4n) is 5.12. The van der Waals surface area contributed by atoms with Gasteiger partial charge in [-0.1, -0.05) is 6.92 Å². The average molecular weight is 416 g/mol. The number of hydrogen-bond donors (Lipinski definition) is 3. The first-order valence-corrected chi connectivity index (χ1v) is 11.9. The van der Waals surface area contributed by atoms with E-state index in [9.17, 15) is 9.59 Å². The number of thiol groups is 1. The van der Waals surface area contributed by atoms with Crippen molar-refractivity contribution < 1.29 is 19.4 Å². The van der Waals surface area contributed by atoms with Crippen molar-refractivity contribution in [2.75, 3.05) is 11.5 Å². The van der Waals surface area contributed by atoms with E-state index in [1.54, 1.807) is 18.7 Å². The normalized spacial score (nSPS) is 35.7. The summed E-state index contributed by atoms with van der Waals surface area (Å²) in [5.41, 5.74) is 6.62. The Balaban J connectivity index is 0.000000164. The van der Waals surface area contributed by atoms with E-state index in [4.69, 9.17) is 15.6 Å². The van der Waals surface area contributed by atoms with E-state index in [1.807, 2.05) is 0 Å². The molecule has 0 saturated heterocycles. The Morgan fingerprint density at radius 3 is 2.07 bits per heavy atom. The lowest BCUT2D eigenvalue weighted by Gasteiger charge is -2.55. The first-order chi connectivity index (χ1) is 12.8. The van der Waals surface area contributed by atoms with Crippen molar-refractivity contribution in [2.45, 2.75) is 75.2 Å². The summed E-state index contributed by atoms with van der Waals surface area (Å²) in [4.78, 5) is 22.3. The number of carbonyl (C=O) groups excluding carboxylic acids is 1. The zero-order valence-corrected chi connectivity index (χ0v) is 17.9. The van der Waals surface area contributed by atoms with Crippen molar-refractivity contribution in [3.63, 3.8) is 0 Å². The highest BCUT2D eigenvalue weighted by Crippen LogP contribution is 2.54. The third-order valence-corrected chi connectivity index (χ3v) is 8.29. The fourth-order valence-corrected chi connectivity index (χ4v) is 6.40. The van der Waals surface area contributed by atoms with Gasteiger partial charge in [-0.05, 0) is 69.1 Å². The van der Waals surface area contributed by atoms with E-state index in [2.05, 4.69) is 12.6 Å². The van der Waals surface area contributed by atoms with Crippen molar-refractivity contribution in [3.8, 4) is 0 Å². The van der Waals surface area contributed by atoms with Gasteiger partial charge in [0.2, 0.25) is 6.10 Å². The average Bonchev–Trinajstić information content (AvgIpc) is 3.40. The summed E-state index contributed by atoms with van der Waals surface area (Å²) in [7, 11) is 0. The number of carboxylic acids is 1. The van der Waals surface area contributed by atoms with Gasteiger partial charge in [-0.2, -0.15) is 24.4 Å². The molecule has 0 radical (unpaired) electrons. The molecule has 0 aromatic carbocycles. The van der Waals surface area contributed by atoms with Gasteiger partial charge in [0.1, 0.15) is 0 Å². The van der Waals surface area contributed by atoms with Gasteiger partial charge in [0.05, 0.1) is 5.92 Å². The Hall–Kier alpha value is -0.400. The van der Waals surface area contributed by atoms with Crippen molar-refractivity contribution >= 4 is 36.3 Å². The van der Waals surface area contributed by atoms with E-state index in [0.29, 0.717) is 22.3 Å². The molecule has 0 spiro atoms. The van der Waals surface area contributed by atoms with Gasteiger partial charge in [-0.25, -0.2) is 4.79 Å². The molecule has 0 heterocycles. The summed E-state index contributed by atoms with van der Waals surface area (Å²) < 4.78 is 4.93. The molecule has 4 bridgehead atoms. The molecular weight excluding hydrogens is 382 g/mol. The highest BCUT2D eigenvalue weighted by molar-refractivity contribution is 8.00. The van der Waals surface area contributed by atoms with Crippen LogP contribution in [0.3, 0.4) is 0 Å². The minimum absolute atomic E-state index is 0.300. The lowest BCUT2D eigenvalue weighted by Crippen LogP contribution is -2.55. The number of carbonyl (C=O) groups is 2. The van der Waals surface area contributed by atoms with E-state index >= 15 is 0 Å². The predicted molar refractivity (Wildman–Crippen MR) is 111 cm³/mol. The second-order valence-electron chi connectivity index (χ2n) is 9.16. The Bertz CT molecular complexity index is 517. The molecule has 5 aliphatic rings. The van der Waals surface area contributed by atoms with E-state index < -0.39 is 18.0 Å². The van der Waals surface area contributed by atoms with Crippen molar-refractivity contribution in [1.82, 2.24) is 0 Å². The van der Waals surface area contributed by atoms with Crippen LogP contribution in [-0.4, -0.2) is 45.4 Å². The van der Waals surface area contributed by atoms with Gasteiger partial charge >= 0.3 is 11.9 Å². The number of hydrogen-bond acceptors (Lipinski definition) is 6. The topological polar surface area (TPSA) is 89.6 Å². The van der Waals surface area contributed by atoms with Crippen LogP contribution in [0.5, 0.6) is 0 Å². The maximum absolute atomic E-state index is 11.4. The van der Waals surface area contributed by atoms with Crippen LogP contribution in [0, 0.1) is 23.7 Å². The minimum atomic E-state index is -1.08. The fraction of sp³-hybridized carbons (Fsp3) is 0.900. The zero-order chi connectivity index (χ0) is 19.6. The molecule has 0 aliphatic heterocycles. The molecule has 0 unspecified atom stereocenters. The molecule has 0 amide bonds.